The predicted molar refractivity (Wildman–Crippen MR) is 75.9 cm³/mol. The molecule has 0 aromatic heterocycles. The lowest BCUT2D eigenvalue weighted by atomic mass is 9.84. The molecule has 1 saturated carbocycles. The Bertz CT molecular complexity index is 237. The minimum absolute atomic E-state index is 0.559. The van der Waals surface area contributed by atoms with Gasteiger partial charge in [0, 0.05) is 26.7 Å². The predicted octanol–water partition coefficient (Wildman–Crippen LogP) is 2.12. The van der Waals surface area contributed by atoms with Crippen LogP contribution in [-0.4, -0.2) is 51.8 Å². The van der Waals surface area contributed by atoms with E-state index in [-0.39, 0.29) is 0 Å². The molecule has 0 amide bonds. The molecule has 0 bridgehead atoms. The number of ether oxygens (including phenoxy) is 1. The molecule has 1 heterocycles. The molecule has 1 unspecified atom stereocenters. The van der Waals surface area contributed by atoms with E-state index >= 15 is 0 Å². The molecule has 2 aliphatic rings. The lowest BCUT2D eigenvalue weighted by molar-refractivity contribution is 0.0637. The van der Waals surface area contributed by atoms with E-state index < -0.39 is 0 Å². The first-order valence-electron chi connectivity index (χ1n) is 7.64. The Morgan fingerprint density at radius 1 is 1.28 bits per heavy atom. The van der Waals surface area contributed by atoms with Crippen molar-refractivity contribution in [1.29, 1.82) is 0 Å². The number of piperidine rings is 1. The highest BCUT2D eigenvalue weighted by molar-refractivity contribution is 4.90. The number of hydrogen-bond acceptors (Lipinski definition) is 3. The van der Waals surface area contributed by atoms with Crippen molar-refractivity contribution in [2.45, 2.75) is 38.5 Å². The maximum atomic E-state index is 5.33. The standard InChI is InChI=1S/C15H30N2O/c1-16-12-15(7-3-4-8-15)13-17-9-5-6-14(10-17)11-18-2/h14,16H,3-13H2,1-2H3. The summed E-state index contributed by atoms with van der Waals surface area (Å²) in [6.07, 6.45) is 8.39. The molecule has 106 valence electrons. The number of hydrogen-bond donors (Lipinski definition) is 1. The fourth-order valence-electron chi connectivity index (χ4n) is 4.03. The number of likely N-dealkylation sites (tertiary alicyclic amines) is 1. The fraction of sp³-hybridized carbons (Fsp3) is 1.00. The summed E-state index contributed by atoms with van der Waals surface area (Å²) in [6.45, 7) is 5.98. The lowest BCUT2D eigenvalue weighted by Crippen LogP contribution is -2.46. The van der Waals surface area contributed by atoms with Gasteiger partial charge in [-0.3, -0.25) is 0 Å². The van der Waals surface area contributed by atoms with Crippen molar-refractivity contribution in [1.82, 2.24) is 10.2 Å². The van der Waals surface area contributed by atoms with Crippen LogP contribution in [0.4, 0.5) is 0 Å². The van der Waals surface area contributed by atoms with Crippen LogP contribution in [0.1, 0.15) is 38.5 Å². The Morgan fingerprint density at radius 2 is 2.06 bits per heavy atom. The van der Waals surface area contributed by atoms with E-state index in [1.807, 2.05) is 7.11 Å². The molecule has 3 heteroatoms. The summed E-state index contributed by atoms with van der Waals surface area (Å²) >= 11 is 0. The maximum Gasteiger partial charge on any atom is 0.0502 e. The molecule has 3 nitrogen and oxygen atoms in total. The highest BCUT2D eigenvalue weighted by atomic mass is 16.5. The second-order valence-electron chi connectivity index (χ2n) is 6.44. The highest BCUT2D eigenvalue weighted by Gasteiger charge is 2.35. The summed E-state index contributed by atoms with van der Waals surface area (Å²) < 4.78 is 5.33. The van der Waals surface area contributed by atoms with Gasteiger partial charge in [0.2, 0.25) is 0 Å². The SMILES string of the molecule is CNCC1(CN2CCCC(COC)C2)CCCC1. The van der Waals surface area contributed by atoms with Crippen LogP contribution in [0.25, 0.3) is 0 Å². The second kappa shape index (κ2) is 6.88. The van der Waals surface area contributed by atoms with Crippen molar-refractivity contribution in [3.8, 4) is 0 Å². The van der Waals surface area contributed by atoms with Crippen LogP contribution < -0.4 is 5.32 Å². The summed E-state index contributed by atoms with van der Waals surface area (Å²) in [7, 11) is 3.93. The third-order valence-corrected chi connectivity index (χ3v) is 4.78. The van der Waals surface area contributed by atoms with Crippen LogP contribution >= 0.6 is 0 Å². The zero-order valence-electron chi connectivity index (χ0n) is 12.2. The fourth-order valence-corrected chi connectivity index (χ4v) is 4.03. The van der Waals surface area contributed by atoms with Crippen molar-refractivity contribution in [3.63, 3.8) is 0 Å². The molecule has 18 heavy (non-hydrogen) atoms. The van der Waals surface area contributed by atoms with Crippen LogP contribution in [0.2, 0.25) is 0 Å². The molecule has 2 fully saturated rings. The topological polar surface area (TPSA) is 24.5 Å². The molecular formula is C15H30N2O. The summed E-state index contributed by atoms with van der Waals surface area (Å²) in [5.74, 6) is 0.761. The Hall–Kier alpha value is -0.120. The molecule has 1 aliphatic carbocycles. The van der Waals surface area contributed by atoms with Gasteiger partial charge in [0.25, 0.3) is 0 Å². The Kier molecular flexibility index (Phi) is 5.46. The van der Waals surface area contributed by atoms with Crippen LogP contribution in [0.3, 0.4) is 0 Å². The Morgan fingerprint density at radius 3 is 2.72 bits per heavy atom. The first-order chi connectivity index (χ1) is 8.78. The van der Waals surface area contributed by atoms with E-state index in [0.29, 0.717) is 5.41 Å². The summed E-state index contributed by atoms with van der Waals surface area (Å²) in [4.78, 5) is 2.70. The van der Waals surface area contributed by atoms with Gasteiger partial charge in [0.1, 0.15) is 0 Å². The Labute approximate surface area is 112 Å². The van der Waals surface area contributed by atoms with Crippen molar-refractivity contribution < 1.29 is 4.74 Å². The van der Waals surface area contributed by atoms with Gasteiger partial charge in [-0.1, -0.05) is 12.8 Å². The van der Waals surface area contributed by atoms with Gasteiger partial charge in [-0.25, -0.2) is 0 Å². The quantitative estimate of drug-likeness (QED) is 0.786. The second-order valence-corrected chi connectivity index (χ2v) is 6.44. The van der Waals surface area contributed by atoms with E-state index in [1.54, 1.807) is 0 Å². The first-order valence-corrected chi connectivity index (χ1v) is 7.64. The van der Waals surface area contributed by atoms with E-state index in [0.717, 1.165) is 12.5 Å². The lowest BCUT2D eigenvalue weighted by Gasteiger charge is -2.39. The monoisotopic (exact) mass is 254 g/mol. The normalized spacial score (nSPS) is 28.7. The van der Waals surface area contributed by atoms with E-state index in [9.17, 15) is 0 Å². The van der Waals surface area contributed by atoms with Crippen LogP contribution in [0, 0.1) is 11.3 Å². The Balaban J connectivity index is 1.86. The number of rotatable bonds is 6. The van der Waals surface area contributed by atoms with Gasteiger partial charge < -0.3 is 15.0 Å². The zero-order valence-corrected chi connectivity index (χ0v) is 12.2. The molecule has 0 aromatic carbocycles. The van der Waals surface area contributed by atoms with E-state index in [4.69, 9.17) is 4.74 Å². The zero-order chi connectivity index (χ0) is 12.8. The molecule has 1 atom stereocenters. The average Bonchev–Trinajstić information content (AvgIpc) is 2.79. The average molecular weight is 254 g/mol. The third-order valence-electron chi connectivity index (χ3n) is 4.78. The molecule has 0 radical (unpaired) electrons. The summed E-state index contributed by atoms with van der Waals surface area (Å²) in [5, 5.41) is 3.43. The number of nitrogens with one attached hydrogen (secondary N) is 1. The first kappa shape index (κ1) is 14.3. The van der Waals surface area contributed by atoms with Gasteiger partial charge in [0.15, 0.2) is 0 Å². The number of nitrogens with zero attached hydrogens (tertiary/aromatic N) is 1. The van der Waals surface area contributed by atoms with Gasteiger partial charge in [-0.15, -0.1) is 0 Å². The van der Waals surface area contributed by atoms with Gasteiger partial charge in [-0.2, -0.15) is 0 Å². The van der Waals surface area contributed by atoms with Crippen LogP contribution in [0.15, 0.2) is 0 Å². The third kappa shape index (κ3) is 3.69. The van der Waals surface area contributed by atoms with Crippen molar-refractivity contribution in [2.24, 2.45) is 11.3 Å². The van der Waals surface area contributed by atoms with E-state index in [2.05, 4.69) is 17.3 Å². The summed E-state index contributed by atoms with van der Waals surface area (Å²) in [6, 6.07) is 0. The molecule has 0 aromatic rings. The minimum Gasteiger partial charge on any atom is -0.384 e. The molecule has 1 saturated heterocycles. The largest absolute Gasteiger partial charge is 0.384 e. The van der Waals surface area contributed by atoms with Crippen LogP contribution in [-0.2, 0) is 4.74 Å². The molecule has 2 rings (SSSR count). The number of methoxy groups -OCH3 is 1. The minimum atomic E-state index is 0.559. The smallest absolute Gasteiger partial charge is 0.0502 e. The van der Waals surface area contributed by atoms with Crippen LogP contribution in [0.5, 0.6) is 0 Å². The van der Waals surface area contributed by atoms with Gasteiger partial charge >= 0.3 is 0 Å². The van der Waals surface area contributed by atoms with Crippen molar-refractivity contribution in [3.05, 3.63) is 0 Å². The van der Waals surface area contributed by atoms with Gasteiger partial charge in [0.05, 0.1) is 6.61 Å². The van der Waals surface area contributed by atoms with Crippen molar-refractivity contribution >= 4 is 0 Å². The summed E-state index contributed by atoms with van der Waals surface area (Å²) in [5.41, 5.74) is 0.559. The molecule has 0 spiro atoms. The molecule has 1 N–H and O–H groups in total. The highest BCUT2D eigenvalue weighted by Crippen LogP contribution is 2.39. The van der Waals surface area contributed by atoms with E-state index in [1.165, 1.54) is 64.7 Å². The van der Waals surface area contributed by atoms with Crippen molar-refractivity contribution in [2.75, 3.05) is 46.9 Å². The molecular weight excluding hydrogens is 224 g/mol. The molecule has 1 aliphatic heterocycles. The maximum absolute atomic E-state index is 5.33. The van der Waals surface area contributed by atoms with Gasteiger partial charge in [-0.05, 0) is 50.6 Å².